The van der Waals surface area contributed by atoms with Gasteiger partial charge in [-0.1, -0.05) is 61.6 Å². The van der Waals surface area contributed by atoms with E-state index in [0.29, 0.717) is 42.4 Å². The van der Waals surface area contributed by atoms with Gasteiger partial charge in [0.05, 0.1) is 37.1 Å². The third-order valence-electron chi connectivity index (χ3n) is 8.40. The van der Waals surface area contributed by atoms with Crippen molar-refractivity contribution >= 4 is 35.0 Å². The van der Waals surface area contributed by atoms with Gasteiger partial charge in [0.15, 0.2) is 0 Å². The highest BCUT2D eigenvalue weighted by Crippen LogP contribution is 2.39. The maximum absolute atomic E-state index is 10.9. The van der Waals surface area contributed by atoms with Gasteiger partial charge in [-0.3, -0.25) is 0 Å². The van der Waals surface area contributed by atoms with Gasteiger partial charge < -0.3 is 28.2 Å². The van der Waals surface area contributed by atoms with E-state index in [1.54, 1.807) is 6.26 Å². The van der Waals surface area contributed by atoms with Gasteiger partial charge in [0.2, 0.25) is 12.2 Å². The number of nitrogens with zero attached hydrogens (tertiary/aromatic N) is 1. The molecule has 3 fully saturated rings. The molecule has 0 saturated carbocycles. The number of carbonyl (C=O) groups excluding carboxylic acids is 1. The van der Waals surface area contributed by atoms with Crippen LogP contribution in [0.4, 0.5) is 0 Å². The first kappa shape index (κ1) is 29.6. The average Bonchev–Trinajstić information content (AvgIpc) is 3.37. The van der Waals surface area contributed by atoms with Gasteiger partial charge in [-0.15, -0.1) is 0 Å². The predicted octanol–water partition coefficient (Wildman–Crippen LogP) is 6.98. The van der Waals surface area contributed by atoms with E-state index in [2.05, 4.69) is 72.0 Å². The molecule has 0 N–H and O–H groups in total. The van der Waals surface area contributed by atoms with Crippen molar-refractivity contribution < 1.29 is 28.2 Å². The summed E-state index contributed by atoms with van der Waals surface area (Å²) in [6.45, 7) is 13.8. The number of aromatic nitrogens is 1. The number of aldehydes is 1. The summed E-state index contributed by atoms with van der Waals surface area (Å²) in [4.78, 5) is 15.5. The molecule has 0 bridgehead atoms. The van der Waals surface area contributed by atoms with Crippen LogP contribution >= 0.6 is 22.6 Å². The summed E-state index contributed by atoms with van der Waals surface area (Å²) >= 11 is 2.30. The number of carbonyl (C=O) groups is 1. The molecule has 0 amide bonds. The van der Waals surface area contributed by atoms with E-state index < -0.39 is 6.29 Å². The third kappa shape index (κ3) is 7.44. The van der Waals surface area contributed by atoms with Crippen molar-refractivity contribution in [2.45, 2.75) is 103 Å². The normalized spacial score (nSPS) is 37.0. The topological polar surface area (TPSA) is 80.0 Å². The molecule has 3 aliphatic heterocycles. The molecular formula is C30H42INO6. The summed E-state index contributed by atoms with van der Waals surface area (Å²) in [6.07, 6.45) is 10.5. The second-order valence-electron chi connectivity index (χ2n) is 11.2. The van der Waals surface area contributed by atoms with Gasteiger partial charge >= 0.3 is 0 Å². The maximum Gasteiger partial charge on any atom is 0.218 e. The summed E-state index contributed by atoms with van der Waals surface area (Å²) in [5.41, 5.74) is 3.05. The van der Waals surface area contributed by atoms with Gasteiger partial charge in [0, 0.05) is 12.8 Å². The van der Waals surface area contributed by atoms with Crippen LogP contribution in [0.25, 0.3) is 6.08 Å². The molecule has 4 rings (SSSR count). The fraction of sp³-hybridized carbons (Fsp3) is 0.667. The number of ether oxygens (including phenoxy) is 4. The molecule has 3 aliphatic rings. The lowest BCUT2D eigenvalue weighted by Crippen LogP contribution is -2.44. The van der Waals surface area contributed by atoms with Crippen molar-refractivity contribution in [2.24, 2.45) is 17.8 Å². The van der Waals surface area contributed by atoms with Gasteiger partial charge in [-0.25, -0.2) is 4.98 Å². The van der Waals surface area contributed by atoms with Crippen molar-refractivity contribution in [1.82, 2.24) is 4.98 Å². The molecule has 38 heavy (non-hydrogen) atoms. The van der Waals surface area contributed by atoms with Gasteiger partial charge in [-0.2, -0.15) is 0 Å². The average molecular weight is 640 g/mol. The highest BCUT2D eigenvalue weighted by Gasteiger charge is 2.39. The van der Waals surface area contributed by atoms with E-state index in [9.17, 15) is 4.79 Å². The molecule has 8 heteroatoms. The molecule has 0 spiro atoms. The maximum atomic E-state index is 10.9. The van der Waals surface area contributed by atoms with E-state index in [4.69, 9.17) is 23.4 Å². The van der Waals surface area contributed by atoms with Crippen molar-refractivity contribution in [2.75, 3.05) is 6.61 Å². The predicted molar refractivity (Wildman–Crippen MR) is 155 cm³/mol. The first-order valence-electron chi connectivity index (χ1n) is 13.9. The Hall–Kier alpha value is -1.33. The van der Waals surface area contributed by atoms with Crippen molar-refractivity contribution in [1.29, 1.82) is 0 Å². The number of hydrogen-bond acceptors (Lipinski definition) is 7. The molecule has 0 aromatic carbocycles. The Morgan fingerprint density at radius 1 is 1.08 bits per heavy atom. The van der Waals surface area contributed by atoms with E-state index in [-0.39, 0.29) is 30.5 Å². The van der Waals surface area contributed by atoms with Gasteiger partial charge in [-0.05, 0) is 66.1 Å². The van der Waals surface area contributed by atoms with Crippen molar-refractivity contribution in [3.63, 3.8) is 0 Å². The molecule has 210 valence electrons. The Kier molecular flexibility index (Phi) is 10.8. The Morgan fingerprint density at radius 3 is 2.63 bits per heavy atom. The Bertz CT molecular complexity index is 1000. The number of rotatable bonds is 9. The van der Waals surface area contributed by atoms with Gasteiger partial charge in [0.25, 0.3) is 0 Å². The molecule has 0 unspecified atom stereocenters. The highest BCUT2D eigenvalue weighted by atomic mass is 127. The van der Waals surface area contributed by atoms with Crippen LogP contribution in [0.15, 0.2) is 38.6 Å². The Morgan fingerprint density at radius 2 is 1.87 bits per heavy atom. The molecule has 3 saturated heterocycles. The zero-order valence-electron chi connectivity index (χ0n) is 23.0. The van der Waals surface area contributed by atoms with E-state index in [1.807, 2.05) is 6.08 Å². The van der Waals surface area contributed by atoms with Crippen LogP contribution in [0.2, 0.25) is 0 Å². The number of halogens is 1. The SMILES string of the molecule is C=C1C[C@H](C[C@@H]2CCO[C@H](c3coc(/C=C/C[C@H]4O[C@@H](/C(C)=C/I)[C@H](C)[C@@H](C)[C@H]4C)n3)O2)O[C@@H](CC=O)C1. The molecule has 0 radical (unpaired) electrons. The fourth-order valence-corrected chi connectivity index (χ4v) is 6.22. The molecular weight excluding hydrogens is 597 g/mol. The van der Waals surface area contributed by atoms with Crippen molar-refractivity contribution in [3.8, 4) is 0 Å². The smallest absolute Gasteiger partial charge is 0.218 e. The summed E-state index contributed by atoms with van der Waals surface area (Å²) in [6, 6.07) is 0. The fourth-order valence-electron chi connectivity index (χ4n) is 5.86. The van der Waals surface area contributed by atoms with Crippen LogP contribution in [0.1, 0.15) is 84.1 Å². The van der Waals surface area contributed by atoms with E-state index in [1.165, 1.54) is 5.57 Å². The molecule has 4 heterocycles. The van der Waals surface area contributed by atoms with E-state index in [0.717, 1.165) is 44.0 Å². The first-order valence-corrected chi connectivity index (χ1v) is 15.1. The first-order chi connectivity index (χ1) is 18.3. The Labute approximate surface area is 240 Å². The van der Waals surface area contributed by atoms with Crippen LogP contribution in [0, 0.1) is 17.8 Å². The minimum Gasteiger partial charge on any atom is -0.445 e. The molecule has 1 aromatic rings. The molecule has 9 atom stereocenters. The molecule has 7 nitrogen and oxygen atoms in total. The van der Waals surface area contributed by atoms with Crippen molar-refractivity contribution in [3.05, 3.63) is 45.7 Å². The standard InChI is InChI=1S/C30H42INO6/c1-18-13-23(9-11-33)36-25(14-18)15-24-10-12-34-30(37-24)26-17-35-28(32-26)8-6-7-27-21(4)20(3)22(5)29(38-27)19(2)16-31/h6,8,11,16-17,20-25,27,29-30H,1,7,9-10,12-15H2,2-5H3/b8-6+,19-16+/t20-,21+,22+,23-,24-,25+,27+,29-,30-/m0/s1. The van der Waals surface area contributed by atoms with Crippen LogP contribution in [0.3, 0.4) is 0 Å². The lowest BCUT2D eigenvalue weighted by Gasteiger charge is -2.44. The Balaban J connectivity index is 1.31. The lowest BCUT2D eigenvalue weighted by molar-refractivity contribution is -0.227. The molecule has 0 aliphatic carbocycles. The highest BCUT2D eigenvalue weighted by molar-refractivity contribution is 14.1. The molecule has 1 aromatic heterocycles. The van der Waals surface area contributed by atoms with Crippen LogP contribution in [-0.4, -0.2) is 48.4 Å². The van der Waals surface area contributed by atoms with Crippen LogP contribution in [0.5, 0.6) is 0 Å². The summed E-state index contributed by atoms with van der Waals surface area (Å²) in [7, 11) is 0. The minimum absolute atomic E-state index is 0.00612. The van der Waals surface area contributed by atoms with Crippen LogP contribution in [-0.2, 0) is 23.7 Å². The number of hydrogen-bond donors (Lipinski definition) is 0. The zero-order valence-corrected chi connectivity index (χ0v) is 25.2. The monoisotopic (exact) mass is 639 g/mol. The summed E-state index contributed by atoms with van der Waals surface area (Å²) in [5.74, 6) is 2.06. The zero-order chi connectivity index (χ0) is 27.2. The quantitative estimate of drug-likeness (QED) is 0.164. The third-order valence-corrected chi connectivity index (χ3v) is 9.38. The van der Waals surface area contributed by atoms with Crippen LogP contribution < -0.4 is 0 Å². The summed E-state index contributed by atoms with van der Waals surface area (Å²) in [5, 5.41) is 0. The second-order valence-corrected chi connectivity index (χ2v) is 11.8. The largest absolute Gasteiger partial charge is 0.445 e. The second kappa shape index (κ2) is 13.8. The van der Waals surface area contributed by atoms with Gasteiger partial charge in [0.1, 0.15) is 18.2 Å². The number of oxazole rings is 1. The lowest BCUT2D eigenvalue weighted by atomic mass is 9.74. The van der Waals surface area contributed by atoms with E-state index >= 15 is 0 Å². The summed E-state index contributed by atoms with van der Waals surface area (Å²) < 4.78 is 32.6. The minimum atomic E-state index is -0.565.